The zero-order valence-corrected chi connectivity index (χ0v) is 13.1. The van der Waals surface area contributed by atoms with Crippen LogP contribution in [0.2, 0.25) is 0 Å². The molecule has 0 atom stereocenters. The maximum absolute atomic E-state index is 11.9. The van der Waals surface area contributed by atoms with Gasteiger partial charge in [0, 0.05) is 11.6 Å². The first-order valence-electron chi connectivity index (χ1n) is 6.77. The van der Waals surface area contributed by atoms with Gasteiger partial charge in [-0.3, -0.25) is 4.79 Å². The van der Waals surface area contributed by atoms with Crippen LogP contribution in [-0.2, 0) is 10.5 Å². The smallest absolute Gasteiger partial charge is 0.360 e. The highest BCUT2D eigenvalue weighted by atomic mass is 32.2. The van der Waals surface area contributed by atoms with Gasteiger partial charge in [-0.15, -0.1) is 11.8 Å². The van der Waals surface area contributed by atoms with Crippen molar-refractivity contribution in [3.63, 3.8) is 0 Å². The molecule has 23 heavy (non-hydrogen) atoms. The molecule has 2 aromatic rings. The average Bonchev–Trinajstić information content (AvgIpc) is 2.94. The summed E-state index contributed by atoms with van der Waals surface area (Å²) in [5.41, 5.74) is 2.73. The Morgan fingerprint density at radius 2 is 2.00 bits per heavy atom. The van der Waals surface area contributed by atoms with Gasteiger partial charge in [0.05, 0.1) is 11.5 Å². The van der Waals surface area contributed by atoms with Crippen LogP contribution in [0, 0.1) is 6.92 Å². The Bertz CT molecular complexity index is 653. The summed E-state index contributed by atoms with van der Waals surface area (Å²) in [6.45, 7) is 0.671. The van der Waals surface area contributed by atoms with Crippen molar-refractivity contribution in [1.82, 2.24) is 10.5 Å². The molecule has 0 saturated heterocycles. The Kier molecular flexibility index (Phi) is 5.70. The SMILES string of the molecule is Cc1ccc(-c2cc(CSCC(=O)NCC(F)(F)F)on2)cc1. The number of nitrogens with zero attached hydrogens (tertiary/aromatic N) is 1. The van der Waals surface area contributed by atoms with Gasteiger partial charge in [0.25, 0.3) is 0 Å². The molecule has 0 aliphatic carbocycles. The summed E-state index contributed by atoms with van der Waals surface area (Å²) in [4.78, 5) is 11.3. The zero-order valence-electron chi connectivity index (χ0n) is 12.3. The second-order valence-corrected chi connectivity index (χ2v) is 5.91. The molecule has 0 bridgehead atoms. The van der Waals surface area contributed by atoms with Crippen LogP contribution in [0.25, 0.3) is 11.3 Å². The molecule has 1 aromatic heterocycles. The number of aryl methyl sites for hydroxylation is 1. The molecule has 0 aliphatic heterocycles. The maximum Gasteiger partial charge on any atom is 0.405 e. The van der Waals surface area contributed by atoms with E-state index in [2.05, 4.69) is 5.16 Å². The molecular weight excluding hydrogens is 329 g/mol. The van der Waals surface area contributed by atoms with Gasteiger partial charge in [-0.2, -0.15) is 13.2 Å². The van der Waals surface area contributed by atoms with Crippen molar-refractivity contribution in [3.8, 4) is 11.3 Å². The lowest BCUT2D eigenvalue weighted by atomic mass is 10.1. The highest BCUT2D eigenvalue weighted by Crippen LogP contribution is 2.22. The van der Waals surface area contributed by atoms with Crippen LogP contribution in [0.15, 0.2) is 34.9 Å². The van der Waals surface area contributed by atoms with Crippen molar-refractivity contribution in [2.45, 2.75) is 18.9 Å². The second-order valence-electron chi connectivity index (χ2n) is 4.93. The third-order valence-electron chi connectivity index (χ3n) is 2.87. The first kappa shape index (κ1) is 17.4. The van der Waals surface area contributed by atoms with Gasteiger partial charge < -0.3 is 9.84 Å². The highest BCUT2D eigenvalue weighted by Gasteiger charge is 2.27. The topological polar surface area (TPSA) is 55.1 Å². The Hall–Kier alpha value is -1.96. The van der Waals surface area contributed by atoms with Crippen LogP contribution >= 0.6 is 11.8 Å². The number of carbonyl (C=O) groups is 1. The molecule has 1 aromatic carbocycles. The van der Waals surface area contributed by atoms with E-state index in [-0.39, 0.29) is 5.75 Å². The largest absolute Gasteiger partial charge is 0.405 e. The number of halogens is 3. The zero-order chi connectivity index (χ0) is 16.9. The van der Waals surface area contributed by atoms with Gasteiger partial charge in [-0.25, -0.2) is 0 Å². The number of aromatic nitrogens is 1. The van der Waals surface area contributed by atoms with E-state index < -0.39 is 18.6 Å². The van der Waals surface area contributed by atoms with Crippen LogP contribution in [0.4, 0.5) is 13.2 Å². The van der Waals surface area contributed by atoms with Crippen LogP contribution in [0.1, 0.15) is 11.3 Å². The molecule has 1 heterocycles. The van der Waals surface area contributed by atoms with Crippen molar-refractivity contribution in [1.29, 1.82) is 0 Å². The fourth-order valence-corrected chi connectivity index (χ4v) is 2.46. The summed E-state index contributed by atoms with van der Waals surface area (Å²) in [5, 5.41) is 5.76. The summed E-state index contributed by atoms with van der Waals surface area (Å²) >= 11 is 1.16. The predicted octanol–water partition coefficient (Wildman–Crippen LogP) is 3.56. The van der Waals surface area contributed by atoms with E-state index in [9.17, 15) is 18.0 Å². The van der Waals surface area contributed by atoms with E-state index in [1.54, 1.807) is 6.07 Å². The lowest BCUT2D eigenvalue weighted by Gasteiger charge is -2.07. The minimum Gasteiger partial charge on any atom is -0.360 e. The fourth-order valence-electron chi connectivity index (χ4n) is 1.74. The number of hydrogen-bond acceptors (Lipinski definition) is 4. The first-order chi connectivity index (χ1) is 10.8. The standard InChI is InChI=1S/C15H15F3N2O2S/c1-10-2-4-11(5-3-10)13-6-12(22-20-13)7-23-8-14(21)19-9-15(16,17)18/h2-6H,7-9H2,1H3,(H,19,21). The van der Waals surface area contributed by atoms with Crippen molar-refractivity contribution in [2.24, 2.45) is 0 Å². The van der Waals surface area contributed by atoms with Crippen LogP contribution in [0.3, 0.4) is 0 Å². The molecular formula is C15H15F3N2O2S. The minimum atomic E-state index is -4.39. The maximum atomic E-state index is 11.9. The van der Waals surface area contributed by atoms with Crippen LogP contribution in [0.5, 0.6) is 0 Å². The van der Waals surface area contributed by atoms with E-state index in [0.717, 1.165) is 22.9 Å². The molecule has 0 spiro atoms. The minimum absolute atomic E-state index is 0.0728. The summed E-state index contributed by atoms with van der Waals surface area (Å²) in [5.74, 6) is 0.189. The van der Waals surface area contributed by atoms with E-state index in [1.165, 1.54) is 0 Å². The molecule has 0 radical (unpaired) electrons. The number of thioether (sulfide) groups is 1. The highest BCUT2D eigenvalue weighted by molar-refractivity contribution is 7.99. The summed E-state index contributed by atoms with van der Waals surface area (Å²) in [6.07, 6.45) is -4.39. The van der Waals surface area contributed by atoms with Crippen LogP contribution in [-0.4, -0.2) is 29.5 Å². The number of alkyl halides is 3. The van der Waals surface area contributed by atoms with Gasteiger partial charge in [0.1, 0.15) is 18.0 Å². The molecule has 8 heteroatoms. The Morgan fingerprint density at radius 3 is 2.65 bits per heavy atom. The van der Waals surface area contributed by atoms with Gasteiger partial charge in [-0.05, 0) is 6.92 Å². The van der Waals surface area contributed by atoms with Crippen molar-refractivity contribution >= 4 is 17.7 Å². The molecule has 124 valence electrons. The van der Waals surface area contributed by atoms with E-state index in [1.807, 2.05) is 36.5 Å². The lowest BCUT2D eigenvalue weighted by Crippen LogP contribution is -2.34. The second kappa shape index (κ2) is 7.54. The molecule has 0 saturated carbocycles. The molecule has 0 aliphatic rings. The summed E-state index contributed by atoms with van der Waals surface area (Å²) < 4.78 is 41.0. The third kappa shape index (κ3) is 5.97. The van der Waals surface area contributed by atoms with Gasteiger partial charge in [-0.1, -0.05) is 35.0 Å². The Balaban J connectivity index is 1.79. The summed E-state index contributed by atoms with van der Waals surface area (Å²) in [6, 6.07) is 9.53. The fraction of sp³-hybridized carbons (Fsp3) is 0.333. The van der Waals surface area contributed by atoms with Crippen molar-refractivity contribution in [2.75, 3.05) is 12.3 Å². The van der Waals surface area contributed by atoms with E-state index in [0.29, 0.717) is 17.2 Å². The normalized spacial score (nSPS) is 11.5. The molecule has 4 nitrogen and oxygen atoms in total. The Labute approximate surface area is 135 Å². The molecule has 1 N–H and O–H groups in total. The summed E-state index contributed by atoms with van der Waals surface area (Å²) in [7, 11) is 0. The third-order valence-corrected chi connectivity index (χ3v) is 3.82. The van der Waals surface area contributed by atoms with Gasteiger partial charge in [0.2, 0.25) is 5.91 Å². The molecule has 2 rings (SSSR count). The molecule has 1 amide bonds. The number of rotatable bonds is 6. The van der Waals surface area contributed by atoms with E-state index >= 15 is 0 Å². The lowest BCUT2D eigenvalue weighted by molar-refractivity contribution is -0.136. The number of amides is 1. The number of benzene rings is 1. The molecule has 0 unspecified atom stereocenters. The average molecular weight is 344 g/mol. The number of carbonyl (C=O) groups excluding carboxylic acids is 1. The number of nitrogens with one attached hydrogen (secondary N) is 1. The van der Waals surface area contributed by atoms with E-state index in [4.69, 9.17) is 4.52 Å². The predicted molar refractivity (Wildman–Crippen MR) is 81.9 cm³/mol. The quantitative estimate of drug-likeness (QED) is 0.870. The van der Waals surface area contributed by atoms with Crippen molar-refractivity contribution < 1.29 is 22.5 Å². The van der Waals surface area contributed by atoms with Gasteiger partial charge >= 0.3 is 6.18 Å². The van der Waals surface area contributed by atoms with Crippen molar-refractivity contribution in [3.05, 3.63) is 41.7 Å². The Morgan fingerprint density at radius 1 is 1.30 bits per heavy atom. The van der Waals surface area contributed by atoms with Crippen LogP contribution < -0.4 is 5.32 Å². The molecule has 0 fully saturated rings. The van der Waals surface area contributed by atoms with Gasteiger partial charge in [0.15, 0.2) is 0 Å². The monoisotopic (exact) mass is 344 g/mol. The first-order valence-corrected chi connectivity index (χ1v) is 7.93. The number of hydrogen-bond donors (Lipinski definition) is 1.